The van der Waals surface area contributed by atoms with Crippen molar-refractivity contribution in [3.8, 4) is 11.5 Å². The fourth-order valence-electron chi connectivity index (χ4n) is 1.99. The third-order valence-corrected chi connectivity index (χ3v) is 3.65. The van der Waals surface area contributed by atoms with Crippen molar-refractivity contribution < 1.29 is 26.7 Å². The number of carbonyl (C=O) groups is 1. The number of amides is 1. The minimum absolute atomic E-state index is 0.160. The summed E-state index contributed by atoms with van der Waals surface area (Å²) in [6.07, 6.45) is 1.31. The number of aryl methyl sites for hydroxylation is 1. The van der Waals surface area contributed by atoms with Crippen molar-refractivity contribution in [1.29, 1.82) is 0 Å². The SMILES string of the molecule is CCc1cc(F)ccc1Oc1ccc(C(=O)NS(C)(=O)=O)cc1F. The molecule has 2 rings (SSSR count). The molecule has 0 aliphatic rings. The number of carbonyl (C=O) groups excluding carboxylic acids is 1. The van der Waals surface area contributed by atoms with E-state index in [2.05, 4.69) is 0 Å². The normalized spacial score (nSPS) is 11.2. The Labute approximate surface area is 138 Å². The summed E-state index contributed by atoms with van der Waals surface area (Å²) in [4.78, 5) is 11.7. The zero-order chi connectivity index (χ0) is 17.9. The molecule has 5 nitrogen and oxygen atoms in total. The highest BCUT2D eigenvalue weighted by Crippen LogP contribution is 2.29. The molecule has 0 aliphatic carbocycles. The summed E-state index contributed by atoms with van der Waals surface area (Å²) >= 11 is 0. The second-order valence-corrected chi connectivity index (χ2v) is 6.80. The topological polar surface area (TPSA) is 72.5 Å². The Bertz CT molecular complexity index is 882. The highest BCUT2D eigenvalue weighted by molar-refractivity contribution is 7.89. The Morgan fingerprint density at radius 1 is 1.12 bits per heavy atom. The van der Waals surface area contributed by atoms with Gasteiger partial charge in [-0.2, -0.15) is 0 Å². The molecule has 1 amide bonds. The Morgan fingerprint density at radius 2 is 1.79 bits per heavy atom. The van der Waals surface area contributed by atoms with E-state index in [1.165, 1.54) is 30.3 Å². The first-order valence-electron chi connectivity index (χ1n) is 6.97. The van der Waals surface area contributed by atoms with E-state index in [-0.39, 0.29) is 11.3 Å². The first-order valence-corrected chi connectivity index (χ1v) is 8.86. The average molecular weight is 355 g/mol. The van der Waals surface area contributed by atoms with Gasteiger partial charge in [-0.3, -0.25) is 4.79 Å². The molecule has 0 atom stereocenters. The van der Waals surface area contributed by atoms with Crippen LogP contribution in [0, 0.1) is 11.6 Å². The predicted molar refractivity (Wildman–Crippen MR) is 84.6 cm³/mol. The number of benzene rings is 2. The van der Waals surface area contributed by atoms with E-state index < -0.39 is 27.6 Å². The molecule has 8 heteroatoms. The van der Waals surface area contributed by atoms with Gasteiger partial charge in [-0.1, -0.05) is 6.92 Å². The third kappa shape index (κ3) is 4.51. The van der Waals surface area contributed by atoms with E-state index >= 15 is 0 Å². The second kappa shape index (κ2) is 6.96. The fourth-order valence-corrected chi connectivity index (χ4v) is 2.45. The van der Waals surface area contributed by atoms with Gasteiger partial charge >= 0.3 is 0 Å². The molecule has 0 aromatic heterocycles. The van der Waals surface area contributed by atoms with E-state index in [1.54, 1.807) is 11.6 Å². The molecule has 0 heterocycles. The maximum Gasteiger partial charge on any atom is 0.264 e. The lowest BCUT2D eigenvalue weighted by atomic mass is 10.1. The monoisotopic (exact) mass is 355 g/mol. The van der Waals surface area contributed by atoms with E-state index in [0.29, 0.717) is 17.7 Å². The molecule has 0 unspecified atom stereocenters. The summed E-state index contributed by atoms with van der Waals surface area (Å²) in [5.41, 5.74) is 0.397. The van der Waals surface area contributed by atoms with Gasteiger partial charge in [0.25, 0.3) is 5.91 Å². The van der Waals surface area contributed by atoms with Gasteiger partial charge in [0.1, 0.15) is 11.6 Å². The quantitative estimate of drug-likeness (QED) is 0.895. The average Bonchev–Trinajstić information content (AvgIpc) is 2.49. The molecule has 0 radical (unpaired) electrons. The van der Waals surface area contributed by atoms with Gasteiger partial charge in [-0.05, 0) is 48.4 Å². The van der Waals surface area contributed by atoms with Crippen molar-refractivity contribution in [2.24, 2.45) is 0 Å². The van der Waals surface area contributed by atoms with Crippen LogP contribution in [0.2, 0.25) is 0 Å². The standard InChI is InChI=1S/C16H15F2NO4S/c1-3-10-8-12(17)5-7-14(10)23-15-6-4-11(9-13(15)18)16(20)19-24(2,21)22/h4-9H,3H2,1-2H3,(H,19,20). The summed E-state index contributed by atoms with van der Waals surface area (Å²) in [6, 6.07) is 7.17. The molecule has 24 heavy (non-hydrogen) atoms. The van der Waals surface area contributed by atoms with E-state index in [1.807, 2.05) is 0 Å². The second-order valence-electron chi connectivity index (χ2n) is 5.06. The van der Waals surface area contributed by atoms with Crippen LogP contribution in [0.4, 0.5) is 8.78 Å². The van der Waals surface area contributed by atoms with Crippen LogP contribution in [0.1, 0.15) is 22.8 Å². The molecule has 128 valence electrons. The molecule has 0 spiro atoms. The van der Waals surface area contributed by atoms with E-state index in [0.717, 1.165) is 12.3 Å². The first kappa shape index (κ1) is 17.9. The van der Waals surface area contributed by atoms with Gasteiger partial charge in [0.15, 0.2) is 11.6 Å². The predicted octanol–water partition coefficient (Wildman–Crippen LogP) is 3.01. The summed E-state index contributed by atoms with van der Waals surface area (Å²) < 4.78 is 56.5. The number of halogens is 2. The number of ether oxygens (including phenoxy) is 1. The van der Waals surface area contributed by atoms with Crippen LogP contribution in [0.5, 0.6) is 11.5 Å². The molecule has 0 fully saturated rings. The summed E-state index contributed by atoms with van der Waals surface area (Å²) in [7, 11) is -3.74. The Balaban J connectivity index is 2.26. The number of sulfonamides is 1. The first-order chi connectivity index (χ1) is 11.2. The Hall–Kier alpha value is -2.48. The molecule has 2 aromatic rings. The lowest BCUT2D eigenvalue weighted by Gasteiger charge is -2.11. The Morgan fingerprint density at radius 3 is 2.38 bits per heavy atom. The van der Waals surface area contributed by atoms with Crippen LogP contribution in [0.15, 0.2) is 36.4 Å². The lowest BCUT2D eigenvalue weighted by molar-refractivity contribution is 0.0981. The molecule has 0 bridgehead atoms. The largest absolute Gasteiger partial charge is 0.454 e. The molecular weight excluding hydrogens is 340 g/mol. The molecule has 2 aromatic carbocycles. The van der Waals surface area contributed by atoms with Crippen LogP contribution in [-0.4, -0.2) is 20.6 Å². The molecule has 1 N–H and O–H groups in total. The maximum atomic E-state index is 14.1. The van der Waals surface area contributed by atoms with Gasteiger partial charge in [-0.25, -0.2) is 21.9 Å². The Kier molecular flexibility index (Phi) is 5.18. The summed E-state index contributed by atoms with van der Waals surface area (Å²) in [5, 5.41) is 0. The zero-order valence-electron chi connectivity index (χ0n) is 13.0. The van der Waals surface area contributed by atoms with Crippen molar-refractivity contribution in [2.45, 2.75) is 13.3 Å². The van der Waals surface area contributed by atoms with E-state index in [4.69, 9.17) is 4.74 Å². The number of rotatable bonds is 5. The number of hydrogen-bond donors (Lipinski definition) is 1. The summed E-state index contributed by atoms with van der Waals surface area (Å²) in [6.45, 7) is 1.80. The highest BCUT2D eigenvalue weighted by atomic mass is 32.2. The van der Waals surface area contributed by atoms with Gasteiger partial charge in [-0.15, -0.1) is 0 Å². The zero-order valence-corrected chi connectivity index (χ0v) is 13.8. The van der Waals surface area contributed by atoms with Crippen molar-refractivity contribution in [2.75, 3.05) is 6.26 Å². The number of nitrogens with one attached hydrogen (secondary N) is 1. The van der Waals surface area contributed by atoms with Gasteiger partial charge < -0.3 is 4.74 Å². The van der Waals surface area contributed by atoms with Gasteiger partial charge in [0, 0.05) is 5.56 Å². The lowest BCUT2D eigenvalue weighted by Crippen LogP contribution is -2.29. The van der Waals surface area contributed by atoms with Crippen molar-refractivity contribution >= 4 is 15.9 Å². The van der Waals surface area contributed by atoms with Crippen LogP contribution in [0.25, 0.3) is 0 Å². The van der Waals surface area contributed by atoms with Crippen LogP contribution in [-0.2, 0) is 16.4 Å². The number of hydrogen-bond acceptors (Lipinski definition) is 4. The van der Waals surface area contributed by atoms with Crippen LogP contribution < -0.4 is 9.46 Å². The summed E-state index contributed by atoms with van der Waals surface area (Å²) in [5.74, 6) is -2.08. The van der Waals surface area contributed by atoms with Gasteiger partial charge in [0.05, 0.1) is 6.26 Å². The van der Waals surface area contributed by atoms with Crippen LogP contribution in [0.3, 0.4) is 0 Å². The van der Waals surface area contributed by atoms with Crippen molar-refractivity contribution in [3.05, 3.63) is 59.2 Å². The van der Waals surface area contributed by atoms with Crippen LogP contribution >= 0.6 is 0 Å². The fraction of sp³-hybridized carbons (Fsp3) is 0.188. The minimum Gasteiger partial charge on any atom is -0.454 e. The molecule has 0 aliphatic heterocycles. The highest BCUT2D eigenvalue weighted by Gasteiger charge is 2.15. The molecular formula is C16H15F2NO4S. The molecule has 0 saturated carbocycles. The van der Waals surface area contributed by atoms with Crippen molar-refractivity contribution in [1.82, 2.24) is 4.72 Å². The van der Waals surface area contributed by atoms with E-state index in [9.17, 15) is 22.0 Å². The van der Waals surface area contributed by atoms with Gasteiger partial charge in [0.2, 0.25) is 10.0 Å². The smallest absolute Gasteiger partial charge is 0.264 e. The third-order valence-electron chi connectivity index (χ3n) is 3.10. The van der Waals surface area contributed by atoms with Crippen molar-refractivity contribution in [3.63, 3.8) is 0 Å². The minimum atomic E-state index is -3.74. The molecule has 0 saturated heterocycles. The maximum absolute atomic E-state index is 14.1.